The highest BCUT2D eigenvalue weighted by Crippen LogP contribution is 2.25. The number of fused-ring (bicyclic) bond motifs is 1. The number of carbonyl (C=O) groups is 1. The van der Waals surface area contributed by atoms with Crippen molar-refractivity contribution in [3.63, 3.8) is 0 Å². The van der Waals surface area contributed by atoms with Gasteiger partial charge in [-0.3, -0.25) is 0 Å². The Balaban J connectivity index is 1.98. The topological polar surface area (TPSA) is 79.5 Å². The lowest BCUT2D eigenvalue weighted by molar-refractivity contribution is 0.0699. The second kappa shape index (κ2) is 5.09. The van der Waals surface area contributed by atoms with Crippen LogP contribution in [0.3, 0.4) is 0 Å². The fraction of sp³-hybridized carbons (Fsp3) is 0.333. The molecule has 5 heteroatoms. The summed E-state index contributed by atoms with van der Waals surface area (Å²) in [4.78, 5) is 18.0. The molecule has 0 amide bonds. The average Bonchev–Trinajstić information content (AvgIpc) is 2.94. The molecule has 1 aromatic heterocycles. The number of carboxylic acid groups (broad SMARTS) is 1. The van der Waals surface area contributed by atoms with Crippen molar-refractivity contribution in [2.45, 2.75) is 6.42 Å². The monoisotopic (exact) mass is 271 g/mol. The Labute approximate surface area is 117 Å². The summed E-state index contributed by atoms with van der Waals surface area (Å²) in [5.74, 6) is 0.503. The highest BCUT2D eigenvalue weighted by molar-refractivity contribution is 6.02. The largest absolute Gasteiger partial charge is 0.478 e. The summed E-state index contributed by atoms with van der Waals surface area (Å²) in [7, 11) is 0. The molecular weight excluding hydrogens is 254 g/mol. The molecule has 1 unspecified atom stereocenters. The summed E-state index contributed by atoms with van der Waals surface area (Å²) in [5, 5.41) is 9.86. The number of aromatic nitrogens is 1. The Hall–Kier alpha value is -2.14. The van der Waals surface area contributed by atoms with Gasteiger partial charge in [-0.15, -0.1) is 0 Å². The zero-order chi connectivity index (χ0) is 14.1. The van der Waals surface area contributed by atoms with Gasteiger partial charge in [0.1, 0.15) is 5.82 Å². The van der Waals surface area contributed by atoms with Crippen LogP contribution in [-0.2, 0) is 0 Å². The lowest BCUT2D eigenvalue weighted by Crippen LogP contribution is -2.23. The van der Waals surface area contributed by atoms with Gasteiger partial charge < -0.3 is 15.7 Å². The molecule has 0 saturated carbocycles. The van der Waals surface area contributed by atoms with Gasteiger partial charge in [0.15, 0.2) is 0 Å². The van der Waals surface area contributed by atoms with E-state index in [1.165, 1.54) is 0 Å². The number of nitrogens with two attached hydrogens (primary N) is 1. The van der Waals surface area contributed by atoms with E-state index in [9.17, 15) is 9.90 Å². The summed E-state index contributed by atoms with van der Waals surface area (Å²) >= 11 is 0. The van der Waals surface area contributed by atoms with Gasteiger partial charge in [0.25, 0.3) is 0 Å². The minimum absolute atomic E-state index is 0.294. The number of carboxylic acids is 1. The van der Waals surface area contributed by atoms with E-state index in [4.69, 9.17) is 5.73 Å². The quantitative estimate of drug-likeness (QED) is 0.888. The average molecular weight is 271 g/mol. The van der Waals surface area contributed by atoms with Crippen molar-refractivity contribution in [3.8, 4) is 0 Å². The number of hydrogen-bond donors (Lipinski definition) is 2. The molecule has 1 fully saturated rings. The molecule has 20 heavy (non-hydrogen) atoms. The lowest BCUT2D eigenvalue weighted by Gasteiger charge is -2.18. The summed E-state index contributed by atoms with van der Waals surface area (Å²) in [6, 6.07) is 8.92. The molecule has 0 aliphatic carbocycles. The Bertz CT molecular complexity index is 657. The summed E-state index contributed by atoms with van der Waals surface area (Å²) in [5.41, 5.74) is 6.72. The van der Waals surface area contributed by atoms with Gasteiger partial charge in [-0.2, -0.15) is 0 Å². The maximum Gasteiger partial charge on any atom is 0.336 e. The van der Waals surface area contributed by atoms with Crippen LogP contribution in [0.1, 0.15) is 16.8 Å². The number of rotatable bonds is 3. The SMILES string of the molecule is NCC1CCN(c2ccc3c(C(=O)O)cccc3n2)C1. The second-order valence-corrected chi connectivity index (χ2v) is 5.18. The van der Waals surface area contributed by atoms with Gasteiger partial charge in [0.05, 0.1) is 11.1 Å². The van der Waals surface area contributed by atoms with Crippen molar-refractivity contribution < 1.29 is 9.90 Å². The molecule has 5 nitrogen and oxygen atoms in total. The van der Waals surface area contributed by atoms with E-state index in [2.05, 4.69) is 9.88 Å². The first kappa shape index (κ1) is 12.9. The van der Waals surface area contributed by atoms with Crippen LogP contribution < -0.4 is 10.6 Å². The molecule has 1 aliphatic rings. The molecule has 0 bridgehead atoms. The number of aromatic carboxylic acids is 1. The van der Waals surface area contributed by atoms with Crippen molar-refractivity contribution in [2.24, 2.45) is 11.7 Å². The van der Waals surface area contributed by atoms with E-state index in [-0.39, 0.29) is 0 Å². The zero-order valence-electron chi connectivity index (χ0n) is 11.1. The van der Waals surface area contributed by atoms with Crippen LogP contribution in [0.15, 0.2) is 30.3 Å². The molecule has 0 radical (unpaired) electrons. The number of hydrogen-bond acceptors (Lipinski definition) is 4. The van der Waals surface area contributed by atoms with Crippen molar-refractivity contribution in [3.05, 3.63) is 35.9 Å². The Kier molecular flexibility index (Phi) is 3.28. The fourth-order valence-corrected chi connectivity index (χ4v) is 2.74. The van der Waals surface area contributed by atoms with Crippen molar-refractivity contribution in [1.29, 1.82) is 0 Å². The van der Waals surface area contributed by atoms with Crippen LogP contribution in [0.4, 0.5) is 5.82 Å². The molecule has 2 heterocycles. The minimum atomic E-state index is -0.922. The highest BCUT2D eigenvalue weighted by Gasteiger charge is 2.22. The lowest BCUT2D eigenvalue weighted by atomic mass is 10.1. The van der Waals surface area contributed by atoms with Crippen molar-refractivity contribution in [2.75, 3.05) is 24.5 Å². The van der Waals surface area contributed by atoms with Crippen LogP contribution in [0, 0.1) is 5.92 Å². The zero-order valence-corrected chi connectivity index (χ0v) is 11.1. The number of nitrogens with zero attached hydrogens (tertiary/aromatic N) is 2. The van der Waals surface area contributed by atoms with Gasteiger partial charge >= 0.3 is 5.97 Å². The minimum Gasteiger partial charge on any atom is -0.478 e. The Morgan fingerprint density at radius 3 is 2.95 bits per heavy atom. The number of pyridine rings is 1. The molecule has 104 valence electrons. The third-order valence-electron chi connectivity index (χ3n) is 3.89. The van der Waals surface area contributed by atoms with E-state index < -0.39 is 5.97 Å². The Morgan fingerprint density at radius 1 is 1.40 bits per heavy atom. The first-order valence-corrected chi connectivity index (χ1v) is 6.77. The first-order chi connectivity index (χ1) is 9.69. The van der Waals surface area contributed by atoms with Gasteiger partial charge in [-0.1, -0.05) is 6.07 Å². The molecule has 0 spiro atoms. The highest BCUT2D eigenvalue weighted by atomic mass is 16.4. The van der Waals surface area contributed by atoms with Gasteiger partial charge in [-0.05, 0) is 43.1 Å². The Morgan fingerprint density at radius 2 is 2.25 bits per heavy atom. The maximum absolute atomic E-state index is 11.2. The van der Waals surface area contributed by atoms with E-state index >= 15 is 0 Å². The molecule has 2 aromatic rings. The van der Waals surface area contributed by atoms with Gasteiger partial charge in [0.2, 0.25) is 0 Å². The molecular formula is C15H17N3O2. The van der Waals surface area contributed by atoms with Crippen molar-refractivity contribution in [1.82, 2.24) is 4.98 Å². The second-order valence-electron chi connectivity index (χ2n) is 5.18. The van der Waals surface area contributed by atoms with E-state index in [0.717, 1.165) is 30.8 Å². The van der Waals surface area contributed by atoms with Gasteiger partial charge in [-0.25, -0.2) is 9.78 Å². The van der Waals surface area contributed by atoms with Gasteiger partial charge in [0, 0.05) is 18.5 Å². The van der Waals surface area contributed by atoms with E-state index in [0.29, 0.717) is 23.4 Å². The number of anilines is 1. The van der Waals surface area contributed by atoms with Crippen LogP contribution in [-0.4, -0.2) is 35.7 Å². The predicted octanol–water partition coefficient (Wildman–Crippen LogP) is 1.72. The third kappa shape index (κ3) is 2.20. The van der Waals surface area contributed by atoms with E-state index in [1.807, 2.05) is 18.2 Å². The molecule has 3 N–H and O–H groups in total. The van der Waals surface area contributed by atoms with Crippen LogP contribution in [0.2, 0.25) is 0 Å². The molecule has 1 aliphatic heterocycles. The summed E-state index contributed by atoms with van der Waals surface area (Å²) in [6.07, 6.45) is 1.09. The molecule has 1 saturated heterocycles. The fourth-order valence-electron chi connectivity index (χ4n) is 2.74. The smallest absolute Gasteiger partial charge is 0.336 e. The van der Waals surface area contributed by atoms with Crippen LogP contribution >= 0.6 is 0 Å². The summed E-state index contributed by atoms with van der Waals surface area (Å²) in [6.45, 7) is 2.58. The van der Waals surface area contributed by atoms with Crippen molar-refractivity contribution >= 4 is 22.7 Å². The third-order valence-corrected chi connectivity index (χ3v) is 3.89. The van der Waals surface area contributed by atoms with Crippen LogP contribution in [0.25, 0.3) is 10.9 Å². The van der Waals surface area contributed by atoms with Crippen LogP contribution in [0.5, 0.6) is 0 Å². The summed E-state index contributed by atoms with van der Waals surface area (Å²) < 4.78 is 0. The standard InChI is InChI=1S/C15H17N3O2/c16-8-10-6-7-18(9-10)14-5-4-11-12(15(19)20)2-1-3-13(11)17-14/h1-5,10H,6-9,16H2,(H,19,20). The van der Waals surface area contributed by atoms with E-state index in [1.54, 1.807) is 12.1 Å². The normalized spacial score (nSPS) is 18.6. The molecule has 3 rings (SSSR count). The maximum atomic E-state index is 11.2. The predicted molar refractivity (Wildman–Crippen MR) is 78.1 cm³/mol. The molecule has 1 aromatic carbocycles. The molecule has 1 atom stereocenters. The first-order valence-electron chi connectivity index (χ1n) is 6.77. The number of benzene rings is 1.